The third-order valence-electron chi connectivity index (χ3n) is 3.68. The minimum Gasteiger partial charge on any atom is -0.482 e. The Morgan fingerprint density at radius 3 is 2.62 bits per heavy atom. The van der Waals surface area contributed by atoms with Gasteiger partial charge in [-0.1, -0.05) is 17.7 Å². The van der Waals surface area contributed by atoms with Gasteiger partial charge in [0.25, 0.3) is 10.0 Å². The van der Waals surface area contributed by atoms with Gasteiger partial charge in [0.05, 0.1) is 11.4 Å². The molecule has 0 fully saturated rings. The van der Waals surface area contributed by atoms with Crippen LogP contribution < -0.4 is 13.9 Å². The molecule has 0 saturated heterocycles. The van der Waals surface area contributed by atoms with Gasteiger partial charge in [-0.05, 0) is 30.3 Å². The maximum absolute atomic E-state index is 12.9. The number of sulfonamides is 1. The molecule has 0 atom stereocenters. The van der Waals surface area contributed by atoms with Crippen molar-refractivity contribution in [1.29, 1.82) is 0 Å². The van der Waals surface area contributed by atoms with E-state index in [1.807, 2.05) is 0 Å². The van der Waals surface area contributed by atoms with Crippen LogP contribution in [0.4, 0.5) is 16.2 Å². The third-order valence-corrected chi connectivity index (χ3v) is 5.66. The predicted octanol–water partition coefficient (Wildman–Crippen LogP) is 2.57. The van der Waals surface area contributed by atoms with Gasteiger partial charge in [0, 0.05) is 18.1 Å². The molecule has 0 aromatic heterocycles. The van der Waals surface area contributed by atoms with Gasteiger partial charge in [-0.3, -0.25) is 4.90 Å². The highest BCUT2D eigenvalue weighted by Gasteiger charge is 2.41. The lowest BCUT2D eigenvalue weighted by Gasteiger charge is -2.34. The number of fused-ring (bicyclic) bond motifs is 1. The number of carboxylic acid groups (broad SMARTS) is 1. The second-order valence-corrected chi connectivity index (χ2v) is 7.59. The number of hydrogen-bond acceptors (Lipinski definition) is 5. The van der Waals surface area contributed by atoms with Crippen molar-refractivity contribution in [2.45, 2.75) is 4.90 Å². The van der Waals surface area contributed by atoms with Gasteiger partial charge in [-0.25, -0.2) is 18.0 Å². The Kier molecular flexibility index (Phi) is 4.51. The maximum Gasteiger partial charge on any atom is 0.342 e. The number of hydrogen-bond donors (Lipinski definition) is 1. The molecule has 1 N–H and O–H groups in total. The van der Waals surface area contributed by atoms with Crippen molar-refractivity contribution < 1.29 is 27.9 Å². The molecular weight excluding hydrogens is 384 g/mol. The summed E-state index contributed by atoms with van der Waals surface area (Å²) in [5.74, 6) is -1.04. The van der Waals surface area contributed by atoms with Gasteiger partial charge in [0.1, 0.15) is 10.6 Å². The fraction of sp³-hybridized carbons (Fsp3) is 0.125. The van der Waals surface area contributed by atoms with Crippen molar-refractivity contribution in [3.63, 3.8) is 0 Å². The summed E-state index contributed by atoms with van der Waals surface area (Å²) in [5, 5.41) is 8.96. The second kappa shape index (κ2) is 6.50. The first kappa shape index (κ1) is 18.0. The zero-order valence-electron chi connectivity index (χ0n) is 13.4. The van der Waals surface area contributed by atoms with Crippen molar-refractivity contribution in [3.8, 4) is 5.75 Å². The summed E-state index contributed by atoms with van der Waals surface area (Å²) in [4.78, 5) is 24.3. The van der Waals surface area contributed by atoms with Crippen LogP contribution in [-0.2, 0) is 14.8 Å². The molecular formula is C16H13ClN2O6S. The van der Waals surface area contributed by atoms with E-state index in [9.17, 15) is 18.0 Å². The number of ether oxygens (including phenoxy) is 1. The van der Waals surface area contributed by atoms with Crippen LogP contribution in [0.3, 0.4) is 0 Å². The van der Waals surface area contributed by atoms with Gasteiger partial charge in [0.2, 0.25) is 0 Å². The molecule has 2 aromatic rings. The molecule has 2 aromatic carbocycles. The number of carboxylic acids is 1. The van der Waals surface area contributed by atoms with Crippen molar-refractivity contribution in [2.24, 2.45) is 0 Å². The van der Waals surface area contributed by atoms with Crippen LogP contribution in [0.5, 0.6) is 5.75 Å². The first-order chi connectivity index (χ1) is 12.2. The molecule has 0 aliphatic carbocycles. The van der Waals surface area contributed by atoms with E-state index >= 15 is 0 Å². The Balaban J connectivity index is 2.09. The molecule has 136 valence electrons. The summed E-state index contributed by atoms with van der Waals surface area (Å²) in [5.41, 5.74) is 0.211. The third kappa shape index (κ3) is 3.06. The molecule has 3 rings (SSSR count). The first-order valence-corrected chi connectivity index (χ1v) is 9.11. The summed E-state index contributed by atoms with van der Waals surface area (Å²) < 4.78 is 31.6. The molecule has 10 heteroatoms. The number of carbonyl (C=O) groups excluding carboxylic acids is 1. The molecule has 0 bridgehead atoms. The molecule has 8 nitrogen and oxygen atoms in total. The summed E-state index contributed by atoms with van der Waals surface area (Å²) in [6.07, 6.45) is 0. The Labute approximate surface area is 154 Å². The van der Waals surface area contributed by atoms with Crippen LogP contribution in [0, 0.1) is 0 Å². The summed E-state index contributed by atoms with van der Waals surface area (Å²) in [6, 6.07) is 9.05. The van der Waals surface area contributed by atoms with E-state index in [2.05, 4.69) is 0 Å². The van der Waals surface area contributed by atoms with E-state index in [-0.39, 0.29) is 27.0 Å². The molecule has 2 amide bonds. The van der Waals surface area contributed by atoms with E-state index in [0.29, 0.717) is 4.31 Å². The number of carbonyl (C=O) groups is 2. The van der Waals surface area contributed by atoms with E-state index in [4.69, 9.17) is 21.4 Å². The molecule has 0 spiro atoms. The lowest BCUT2D eigenvalue weighted by atomic mass is 10.2. The van der Waals surface area contributed by atoms with Crippen LogP contribution >= 0.6 is 11.6 Å². The average Bonchev–Trinajstić information content (AvgIpc) is 2.58. The molecule has 0 radical (unpaired) electrons. The smallest absolute Gasteiger partial charge is 0.342 e. The standard InChI is InChI=1S/C16H13ClN2O6S/c1-18-13-8-12(25-9-15(20)21)5-6-14(13)26(23,24)19(16(18)22)11-4-2-3-10(17)7-11/h2-8H,9H2,1H3,(H,20,21). The molecule has 1 aliphatic rings. The molecule has 26 heavy (non-hydrogen) atoms. The van der Waals surface area contributed by atoms with Crippen molar-refractivity contribution in [1.82, 2.24) is 0 Å². The van der Waals surface area contributed by atoms with E-state index < -0.39 is 28.6 Å². The fourth-order valence-electron chi connectivity index (χ4n) is 2.50. The van der Waals surface area contributed by atoms with Crippen LogP contribution in [0.15, 0.2) is 47.4 Å². The minimum absolute atomic E-state index is 0.0937. The van der Waals surface area contributed by atoms with E-state index in [0.717, 1.165) is 4.90 Å². The zero-order valence-corrected chi connectivity index (χ0v) is 15.0. The Bertz CT molecular complexity index is 1010. The lowest BCUT2D eigenvalue weighted by Crippen LogP contribution is -2.49. The summed E-state index contributed by atoms with van der Waals surface area (Å²) >= 11 is 5.91. The highest BCUT2D eigenvalue weighted by Crippen LogP contribution is 2.38. The average molecular weight is 397 g/mol. The molecule has 0 saturated carbocycles. The van der Waals surface area contributed by atoms with Crippen molar-refractivity contribution >= 4 is 45.0 Å². The number of rotatable bonds is 4. The van der Waals surface area contributed by atoms with Gasteiger partial charge in [0.15, 0.2) is 6.61 Å². The molecule has 0 unspecified atom stereocenters. The topological polar surface area (TPSA) is 104 Å². The fourth-order valence-corrected chi connectivity index (χ4v) is 4.30. The highest BCUT2D eigenvalue weighted by atomic mass is 35.5. The number of aliphatic carboxylic acids is 1. The number of halogens is 1. The number of anilines is 2. The predicted molar refractivity (Wildman–Crippen MR) is 94.5 cm³/mol. The Morgan fingerprint density at radius 2 is 1.96 bits per heavy atom. The normalized spacial score (nSPS) is 15.5. The molecule has 1 heterocycles. The Hall–Kier alpha value is -2.78. The number of urea groups is 1. The minimum atomic E-state index is -4.17. The monoisotopic (exact) mass is 396 g/mol. The lowest BCUT2D eigenvalue weighted by molar-refractivity contribution is -0.139. The largest absolute Gasteiger partial charge is 0.482 e. The molecule has 1 aliphatic heterocycles. The van der Waals surface area contributed by atoms with Crippen LogP contribution in [-0.4, -0.2) is 39.2 Å². The number of benzene rings is 2. The van der Waals surface area contributed by atoms with E-state index in [1.165, 1.54) is 37.4 Å². The quantitative estimate of drug-likeness (QED) is 0.851. The van der Waals surface area contributed by atoms with Crippen LogP contribution in [0.2, 0.25) is 5.02 Å². The number of nitrogens with zero attached hydrogens (tertiary/aromatic N) is 2. The van der Waals surface area contributed by atoms with E-state index in [1.54, 1.807) is 12.1 Å². The Morgan fingerprint density at radius 1 is 1.23 bits per heavy atom. The summed E-state index contributed by atoms with van der Waals surface area (Å²) in [7, 11) is -2.76. The van der Waals surface area contributed by atoms with Gasteiger partial charge < -0.3 is 9.84 Å². The van der Waals surface area contributed by atoms with Crippen LogP contribution in [0.1, 0.15) is 0 Å². The highest BCUT2D eigenvalue weighted by molar-refractivity contribution is 7.94. The number of amides is 2. The summed E-state index contributed by atoms with van der Waals surface area (Å²) in [6.45, 7) is -0.585. The van der Waals surface area contributed by atoms with Gasteiger partial charge in [-0.2, -0.15) is 4.31 Å². The van der Waals surface area contributed by atoms with Crippen LogP contribution in [0.25, 0.3) is 0 Å². The maximum atomic E-state index is 12.9. The van der Waals surface area contributed by atoms with Gasteiger partial charge in [-0.15, -0.1) is 0 Å². The zero-order chi connectivity index (χ0) is 19.1. The van der Waals surface area contributed by atoms with Crippen molar-refractivity contribution in [2.75, 3.05) is 22.9 Å². The second-order valence-electron chi connectivity index (χ2n) is 5.40. The first-order valence-electron chi connectivity index (χ1n) is 7.29. The van der Waals surface area contributed by atoms with Crippen molar-refractivity contribution in [3.05, 3.63) is 47.5 Å². The SMILES string of the molecule is CN1C(=O)N(c2cccc(Cl)c2)S(=O)(=O)c2ccc(OCC(=O)O)cc21. The van der Waals surface area contributed by atoms with Gasteiger partial charge >= 0.3 is 12.0 Å².